The average molecular weight is 174 g/mol. The van der Waals surface area contributed by atoms with Crippen LogP contribution in [-0.4, -0.2) is 11.6 Å². The zero-order valence-electron chi connectivity index (χ0n) is 7.41. The van der Waals surface area contributed by atoms with Gasteiger partial charge in [0, 0.05) is 5.56 Å². The molecule has 0 aliphatic carbocycles. The maximum absolute atomic E-state index is 11.4. The molecule has 0 aliphatic rings. The Hall–Kier alpha value is -1.70. The number of rotatable bonds is 3. The predicted octanol–water partition coefficient (Wildman–Crippen LogP) is 1.93. The van der Waals surface area contributed by atoms with Crippen molar-refractivity contribution in [3.05, 3.63) is 48.0 Å². The third-order valence-corrected chi connectivity index (χ3v) is 1.80. The van der Waals surface area contributed by atoms with Crippen molar-refractivity contribution in [1.82, 2.24) is 0 Å². The van der Waals surface area contributed by atoms with Crippen LogP contribution in [0.25, 0.3) is 0 Å². The highest BCUT2D eigenvalue weighted by Crippen LogP contribution is 2.08. The van der Waals surface area contributed by atoms with Crippen LogP contribution in [0, 0.1) is 6.92 Å². The number of ketones is 2. The van der Waals surface area contributed by atoms with Crippen LogP contribution in [0.4, 0.5) is 0 Å². The van der Waals surface area contributed by atoms with Crippen LogP contribution in [0.1, 0.15) is 15.9 Å². The molecular weight excluding hydrogens is 164 g/mol. The van der Waals surface area contributed by atoms with Crippen LogP contribution in [0.2, 0.25) is 0 Å². The van der Waals surface area contributed by atoms with E-state index in [-0.39, 0.29) is 0 Å². The van der Waals surface area contributed by atoms with Gasteiger partial charge in [-0.2, -0.15) is 0 Å². The number of carbonyl (C=O) groups is 2. The van der Waals surface area contributed by atoms with Gasteiger partial charge in [-0.1, -0.05) is 30.8 Å². The second-order valence-corrected chi connectivity index (χ2v) is 2.71. The highest BCUT2D eigenvalue weighted by atomic mass is 16.2. The van der Waals surface area contributed by atoms with Gasteiger partial charge in [-0.05, 0) is 18.6 Å². The maximum atomic E-state index is 11.4. The maximum Gasteiger partial charge on any atom is 0.233 e. The van der Waals surface area contributed by atoms with E-state index in [2.05, 4.69) is 6.58 Å². The lowest BCUT2D eigenvalue weighted by atomic mass is 10.0. The van der Waals surface area contributed by atoms with Crippen molar-refractivity contribution in [2.24, 2.45) is 0 Å². The largest absolute Gasteiger partial charge is 0.286 e. The van der Waals surface area contributed by atoms with E-state index >= 15 is 0 Å². The molecule has 13 heavy (non-hydrogen) atoms. The normalized spacial score (nSPS) is 9.31. The molecule has 0 radical (unpaired) electrons. The Morgan fingerprint density at radius 1 is 1.31 bits per heavy atom. The summed E-state index contributed by atoms with van der Waals surface area (Å²) in [5, 5.41) is 0. The molecule has 0 unspecified atom stereocenters. The molecule has 1 rings (SSSR count). The molecule has 0 heterocycles. The van der Waals surface area contributed by atoms with E-state index in [4.69, 9.17) is 0 Å². The van der Waals surface area contributed by atoms with Gasteiger partial charge in [-0.25, -0.2) is 0 Å². The highest BCUT2D eigenvalue weighted by Gasteiger charge is 2.13. The van der Waals surface area contributed by atoms with Gasteiger partial charge in [0.25, 0.3) is 0 Å². The minimum Gasteiger partial charge on any atom is -0.286 e. The third kappa shape index (κ3) is 1.90. The molecule has 0 saturated carbocycles. The van der Waals surface area contributed by atoms with Gasteiger partial charge >= 0.3 is 0 Å². The van der Waals surface area contributed by atoms with Crippen molar-refractivity contribution >= 4 is 11.6 Å². The Bertz CT molecular complexity index is 364. The smallest absolute Gasteiger partial charge is 0.233 e. The second kappa shape index (κ2) is 3.81. The van der Waals surface area contributed by atoms with Crippen LogP contribution in [0.3, 0.4) is 0 Å². The summed E-state index contributed by atoms with van der Waals surface area (Å²) < 4.78 is 0. The van der Waals surface area contributed by atoms with Gasteiger partial charge < -0.3 is 0 Å². The molecule has 0 bridgehead atoms. The summed E-state index contributed by atoms with van der Waals surface area (Å²) >= 11 is 0. The standard InChI is InChI=1S/C11H10O2/c1-3-10(12)11(13)9-7-5-4-6-8(9)2/h3-7H,1H2,2H3. The van der Waals surface area contributed by atoms with E-state index in [9.17, 15) is 9.59 Å². The van der Waals surface area contributed by atoms with Crippen LogP contribution >= 0.6 is 0 Å². The Balaban J connectivity index is 3.09. The van der Waals surface area contributed by atoms with Crippen molar-refractivity contribution in [2.75, 3.05) is 0 Å². The molecule has 0 amide bonds. The first-order valence-corrected chi connectivity index (χ1v) is 3.93. The fraction of sp³-hybridized carbons (Fsp3) is 0.0909. The van der Waals surface area contributed by atoms with E-state index in [0.717, 1.165) is 11.6 Å². The van der Waals surface area contributed by atoms with Crippen molar-refractivity contribution in [3.8, 4) is 0 Å². The average Bonchev–Trinajstić information content (AvgIpc) is 2.16. The quantitative estimate of drug-likeness (QED) is 0.398. The molecule has 2 nitrogen and oxygen atoms in total. The van der Waals surface area contributed by atoms with E-state index in [1.165, 1.54) is 0 Å². The summed E-state index contributed by atoms with van der Waals surface area (Å²) in [6.07, 6.45) is 1.04. The molecule has 66 valence electrons. The SMILES string of the molecule is C=CC(=O)C(=O)c1ccccc1C. The van der Waals surface area contributed by atoms with Gasteiger partial charge in [-0.3, -0.25) is 9.59 Å². The number of Topliss-reactive ketones (excluding diaryl/α,β-unsaturated/α-hetero) is 1. The molecular formula is C11H10O2. The number of hydrogen-bond acceptors (Lipinski definition) is 2. The lowest BCUT2D eigenvalue weighted by Gasteiger charge is -2.00. The first-order valence-electron chi connectivity index (χ1n) is 3.93. The topological polar surface area (TPSA) is 34.1 Å². The number of hydrogen-bond donors (Lipinski definition) is 0. The van der Waals surface area contributed by atoms with E-state index in [1.54, 1.807) is 25.1 Å². The number of benzene rings is 1. The van der Waals surface area contributed by atoms with E-state index in [1.807, 2.05) is 6.07 Å². The summed E-state index contributed by atoms with van der Waals surface area (Å²) in [6.45, 7) is 5.06. The zero-order chi connectivity index (χ0) is 9.84. The van der Waals surface area contributed by atoms with E-state index < -0.39 is 11.6 Å². The Morgan fingerprint density at radius 3 is 2.46 bits per heavy atom. The molecule has 0 N–H and O–H groups in total. The summed E-state index contributed by atoms with van der Waals surface area (Å²) in [5.41, 5.74) is 1.26. The molecule has 1 aromatic carbocycles. The van der Waals surface area contributed by atoms with Crippen LogP contribution in [-0.2, 0) is 4.79 Å². The minimum absolute atomic E-state index is 0.451. The third-order valence-electron chi connectivity index (χ3n) is 1.80. The lowest BCUT2D eigenvalue weighted by molar-refractivity contribution is -0.110. The van der Waals surface area contributed by atoms with Gasteiger partial charge in [0.1, 0.15) is 0 Å². The number of carbonyl (C=O) groups excluding carboxylic acids is 2. The predicted molar refractivity (Wildman–Crippen MR) is 50.7 cm³/mol. The molecule has 0 aliphatic heterocycles. The summed E-state index contributed by atoms with van der Waals surface area (Å²) in [5.74, 6) is -1.05. The molecule has 2 heteroatoms. The van der Waals surface area contributed by atoms with Crippen molar-refractivity contribution in [2.45, 2.75) is 6.92 Å². The first-order chi connectivity index (χ1) is 6.16. The summed E-state index contributed by atoms with van der Waals surface area (Å²) in [6, 6.07) is 6.99. The Morgan fingerprint density at radius 2 is 1.92 bits per heavy atom. The summed E-state index contributed by atoms with van der Waals surface area (Å²) in [7, 11) is 0. The molecule has 1 aromatic rings. The van der Waals surface area contributed by atoms with Gasteiger partial charge in [0.05, 0.1) is 0 Å². The minimum atomic E-state index is -0.561. The van der Waals surface area contributed by atoms with Crippen LogP contribution in [0.15, 0.2) is 36.9 Å². The van der Waals surface area contributed by atoms with Crippen molar-refractivity contribution in [3.63, 3.8) is 0 Å². The molecule has 0 spiro atoms. The monoisotopic (exact) mass is 174 g/mol. The Labute approximate surface area is 76.9 Å². The molecule has 0 saturated heterocycles. The highest BCUT2D eigenvalue weighted by molar-refractivity contribution is 6.47. The van der Waals surface area contributed by atoms with Crippen LogP contribution < -0.4 is 0 Å². The molecule has 0 fully saturated rings. The fourth-order valence-corrected chi connectivity index (χ4v) is 1.05. The lowest BCUT2D eigenvalue weighted by Crippen LogP contribution is -2.12. The Kier molecular flexibility index (Phi) is 2.75. The zero-order valence-corrected chi connectivity index (χ0v) is 7.41. The number of aryl methyl sites for hydroxylation is 1. The summed E-state index contributed by atoms with van der Waals surface area (Å²) in [4.78, 5) is 22.4. The van der Waals surface area contributed by atoms with Crippen molar-refractivity contribution in [1.29, 1.82) is 0 Å². The molecule has 0 atom stereocenters. The van der Waals surface area contributed by atoms with Gasteiger partial charge in [-0.15, -0.1) is 0 Å². The van der Waals surface area contributed by atoms with Crippen molar-refractivity contribution < 1.29 is 9.59 Å². The van der Waals surface area contributed by atoms with Crippen LogP contribution in [0.5, 0.6) is 0 Å². The van der Waals surface area contributed by atoms with Gasteiger partial charge in [0.2, 0.25) is 11.6 Å². The number of allylic oxidation sites excluding steroid dienone is 1. The second-order valence-electron chi connectivity index (χ2n) is 2.71. The fourth-order valence-electron chi connectivity index (χ4n) is 1.05. The van der Waals surface area contributed by atoms with Gasteiger partial charge in [0.15, 0.2) is 0 Å². The molecule has 0 aromatic heterocycles. The van der Waals surface area contributed by atoms with E-state index in [0.29, 0.717) is 5.56 Å². The first kappa shape index (κ1) is 9.39.